The molecular formula is C16H21N5O. The average Bonchev–Trinajstić information content (AvgIpc) is 3.19. The Morgan fingerprint density at radius 2 is 2.27 bits per heavy atom. The van der Waals surface area contributed by atoms with Gasteiger partial charge in [0.25, 0.3) is 0 Å². The summed E-state index contributed by atoms with van der Waals surface area (Å²) in [5.41, 5.74) is 0.321. The van der Waals surface area contributed by atoms with Crippen LogP contribution in [0.15, 0.2) is 12.4 Å². The van der Waals surface area contributed by atoms with E-state index in [1.54, 1.807) is 6.33 Å². The summed E-state index contributed by atoms with van der Waals surface area (Å²) in [6.07, 6.45) is 4.88. The van der Waals surface area contributed by atoms with Crippen molar-refractivity contribution in [2.75, 3.05) is 32.1 Å². The minimum Gasteiger partial charge on any atom is -0.363 e. The molecule has 6 heteroatoms. The van der Waals surface area contributed by atoms with Crippen molar-refractivity contribution in [3.8, 4) is 6.07 Å². The highest BCUT2D eigenvalue weighted by molar-refractivity contribution is 5.88. The number of amides is 1. The summed E-state index contributed by atoms with van der Waals surface area (Å²) < 4.78 is 0. The monoisotopic (exact) mass is 299 g/mol. The number of anilines is 1. The van der Waals surface area contributed by atoms with Crippen molar-refractivity contribution in [3.63, 3.8) is 0 Å². The largest absolute Gasteiger partial charge is 0.363 e. The standard InChI is InChI=1S/C16H21N5O/c1-20(2)14-8-13(18-11-19-14)7-12-3-6-21(9-12)15(22)16(10-17)4-5-16/h8,11-12H,3-7,9H2,1-2H3. The predicted molar refractivity (Wildman–Crippen MR) is 82.0 cm³/mol. The molecule has 2 aliphatic rings. The van der Waals surface area contributed by atoms with Gasteiger partial charge < -0.3 is 9.80 Å². The molecule has 2 heterocycles. The SMILES string of the molecule is CN(C)c1cc(CC2CCN(C(=O)C3(C#N)CC3)C2)ncn1. The zero-order chi connectivity index (χ0) is 15.7. The molecule has 1 aliphatic heterocycles. The number of carbonyl (C=O) groups excluding carboxylic acids is 1. The third-order valence-corrected chi connectivity index (χ3v) is 4.61. The van der Waals surface area contributed by atoms with Gasteiger partial charge in [-0.05, 0) is 31.6 Å². The molecule has 0 spiro atoms. The van der Waals surface area contributed by atoms with Gasteiger partial charge in [0.05, 0.1) is 6.07 Å². The van der Waals surface area contributed by atoms with Crippen LogP contribution >= 0.6 is 0 Å². The van der Waals surface area contributed by atoms with Gasteiger partial charge in [-0.15, -0.1) is 0 Å². The number of nitrogens with zero attached hydrogens (tertiary/aromatic N) is 5. The Balaban J connectivity index is 1.61. The van der Waals surface area contributed by atoms with Crippen LogP contribution in [-0.4, -0.2) is 48.0 Å². The molecule has 1 aliphatic carbocycles. The smallest absolute Gasteiger partial charge is 0.243 e. The molecule has 1 aromatic heterocycles. The Kier molecular flexibility index (Phi) is 3.73. The van der Waals surface area contributed by atoms with E-state index in [-0.39, 0.29) is 5.91 Å². The minimum absolute atomic E-state index is 0.0363. The molecule has 1 amide bonds. The topological polar surface area (TPSA) is 73.1 Å². The maximum Gasteiger partial charge on any atom is 0.243 e. The molecule has 22 heavy (non-hydrogen) atoms. The summed E-state index contributed by atoms with van der Waals surface area (Å²) in [5, 5.41) is 9.15. The van der Waals surface area contributed by atoms with Crippen LogP contribution in [0.2, 0.25) is 0 Å². The first-order valence-corrected chi connectivity index (χ1v) is 7.73. The highest BCUT2D eigenvalue weighted by atomic mass is 16.2. The molecule has 1 atom stereocenters. The Hall–Kier alpha value is -2.16. The molecular weight excluding hydrogens is 278 g/mol. The van der Waals surface area contributed by atoms with Crippen LogP contribution < -0.4 is 4.90 Å². The second-order valence-corrected chi connectivity index (χ2v) is 6.57. The van der Waals surface area contributed by atoms with Crippen LogP contribution in [0.3, 0.4) is 0 Å². The normalized spacial score (nSPS) is 22.2. The fourth-order valence-electron chi connectivity index (χ4n) is 3.02. The number of nitriles is 1. The fraction of sp³-hybridized carbons (Fsp3) is 0.625. The van der Waals surface area contributed by atoms with Crippen LogP contribution in [-0.2, 0) is 11.2 Å². The molecule has 3 rings (SSSR count). The molecule has 0 N–H and O–H groups in total. The second kappa shape index (κ2) is 5.56. The lowest BCUT2D eigenvalue weighted by Crippen LogP contribution is -2.35. The van der Waals surface area contributed by atoms with Crippen molar-refractivity contribution < 1.29 is 4.79 Å². The number of hydrogen-bond donors (Lipinski definition) is 0. The van der Waals surface area contributed by atoms with Gasteiger partial charge in [-0.1, -0.05) is 0 Å². The molecule has 1 saturated heterocycles. The lowest BCUT2D eigenvalue weighted by atomic mass is 10.0. The van der Waals surface area contributed by atoms with Crippen LogP contribution in [0, 0.1) is 22.7 Å². The molecule has 116 valence electrons. The van der Waals surface area contributed by atoms with Crippen LogP contribution in [0.5, 0.6) is 0 Å². The summed E-state index contributed by atoms with van der Waals surface area (Å²) in [7, 11) is 3.91. The fourth-order valence-corrected chi connectivity index (χ4v) is 3.02. The summed E-state index contributed by atoms with van der Waals surface area (Å²) in [6.45, 7) is 1.50. The molecule has 1 saturated carbocycles. The summed E-state index contributed by atoms with van der Waals surface area (Å²) in [5.74, 6) is 1.36. The first-order valence-electron chi connectivity index (χ1n) is 7.73. The van der Waals surface area contributed by atoms with Gasteiger partial charge >= 0.3 is 0 Å². The maximum atomic E-state index is 12.4. The Labute approximate surface area is 130 Å². The first-order chi connectivity index (χ1) is 10.5. The summed E-state index contributed by atoms with van der Waals surface area (Å²) in [6, 6.07) is 4.20. The van der Waals surface area contributed by atoms with E-state index < -0.39 is 5.41 Å². The van der Waals surface area contributed by atoms with E-state index in [0.29, 0.717) is 5.92 Å². The van der Waals surface area contributed by atoms with Gasteiger partial charge in [-0.25, -0.2) is 9.97 Å². The van der Waals surface area contributed by atoms with Gasteiger partial charge in [0.1, 0.15) is 17.6 Å². The van der Waals surface area contributed by atoms with E-state index in [1.807, 2.05) is 30.0 Å². The van der Waals surface area contributed by atoms with Crippen molar-refractivity contribution in [1.82, 2.24) is 14.9 Å². The maximum absolute atomic E-state index is 12.4. The van der Waals surface area contributed by atoms with E-state index in [4.69, 9.17) is 5.26 Å². The van der Waals surface area contributed by atoms with E-state index in [9.17, 15) is 4.79 Å². The number of rotatable bonds is 4. The van der Waals surface area contributed by atoms with Gasteiger partial charge in [-0.2, -0.15) is 5.26 Å². The molecule has 0 bridgehead atoms. The predicted octanol–water partition coefficient (Wildman–Crippen LogP) is 1.24. The molecule has 6 nitrogen and oxygen atoms in total. The molecule has 1 unspecified atom stereocenters. The highest BCUT2D eigenvalue weighted by Gasteiger charge is 2.53. The summed E-state index contributed by atoms with van der Waals surface area (Å²) >= 11 is 0. The molecule has 0 radical (unpaired) electrons. The second-order valence-electron chi connectivity index (χ2n) is 6.57. The van der Waals surface area contributed by atoms with Gasteiger partial charge in [-0.3, -0.25) is 4.79 Å². The quantitative estimate of drug-likeness (QED) is 0.836. The zero-order valence-electron chi connectivity index (χ0n) is 13.1. The van der Waals surface area contributed by atoms with Crippen LogP contribution in [0.25, 0.3) is 0 Å². The Morgan fingerprint density at radius 3 is 2.91 bits per heavy atom. The lowest BCUT2D eigenvalue weighted by molar-refractivity contribution is -0.134. The Morgan fingerprint density at radius 1 is 1.50 bits per heavy atom. The van der Waals surface area contributed by atoms with Gasteiger partial charge in [0.15, 0.2) is 0 Å². The molecule has 1 aromatic rings. The van der Waals surface area contributed by atoms with Crippen LogP contribution in [0.1, 0.15) is 25.0 Å². The van der Waals surface area contributed by atoms with Crippen molar-refractivity contribution in [2.24, 2.45) is 11.3 Å². The number of likely N-dealkylation sites (tertiary alicyclic amines) is 1. The number of aromatic nitrogens is 2. The van der Waals surface area contributed by atoms with Gasteiger partial charge in [0.2, 0.25) is 5.91 Å². The third kappa shape index (κ3) is 2.76. The third-order valence-electron chi connectivity index (χ3n) is 4.61. The molecule has 2 fully saturated rings. The van der Waals surface area contributed by atoms with E-state index in [0.717, 1.165) is 50.3 Å². The average molecular weight is 299 g/mol. The summed E-state index contributed by atoms with van der Waals surface area (Å²) in [4.78, 5) is 24.8. The number of carbonyl (C=O) groups is 1. The lowest BCUT2D eigenvalue weighted by Gasteiger charge is -2.19. The van der Waals surface area contributed by atoms with E-state index >= 15 is 0 Å². The van der Waals surface area contributed by atoms with Crippen molar-refractivity contribution in [3.05, 3.63) is 18.1 Å². The van der Waals surface area contributed by atoms with Gasteiger partial charge in [0, 0.05) is 38.9 Å². The molecule has 0 aromatic carbocycles. The van der Waals surface area contributed by atoms with Crippen molar-refractivity contribution in [1.29, 1.82) is 5.26 Å². The van der Waals surface area contributed by atoms with E-state index in [2.05, 4.69) is 16.0 Å². The minimum atomic E-state index is -0.693. The highest BCUT2D eigenvalue weighted by Crippen LogP contribution is 2.47. The zero-order valence-corrected chi connectivity index (χ0v) is 13.1. The van der Waals surface area contributed by atoms with Crippen molar-refractivity contribution in [2.45, 2.75) is 25.7 Å². The number of hydrogen-bond acceptors (Lipinski definition) is 5. The Bertz CT molecular complexity index is 617. The van der Waals surface area contributed by atoms with Crippen LogP contribution in [0.4, 0.5) is 5.82 Å². The van der Waals surface area contributed by atoms with E-state index in [1.165, 1.54) is 0 Å². The van der Waals surface area contributed by atoms with Crippen molar-refractivity contribution >= 4 is 11.7 Å². The first kappa shape index (κ1) is 14.8.